The topological polar surface area (TPSA) is 126 Å². The van der Waals surface area contributed by atoms with E-state index in [1.807, 2.05) is 24.3 Å². The summed E-state index contributed by atoms with van der Waals surface area (Å²) in [6.45, 7) is 2.86. The van der Waals surface area contributed by atoms with Gasteiger partial charge in [0.2, 0.25) is 0 Å². The van der Waals surface area contributed by atoms with E-state index in [1.165, 1.54) is 23.0 Å². The van der Waals surface area contributed by atoms with Gasteiger partial charge in [-0.15, -0.1) is 0 Å². The fraction of sp³-hybridized carbons (Fsp3) is 0.333. The third kappa shape index (κ3) is 5.44. The Morgan fingerprint density at radius 1 is 1.23 bits per heavy atom. The van der Waals surface area contributed by atoms with Crippen LogP contribution >= 0.6 is 0 Å². The van der Waals surface area contributed by atoms with Crippen molar-refractivity contribution >= 4 is 21.8 Å². The van der Waals surface area contributed by atoms with Gasteiger partial charge in [-0.2, -0.15) is 0 Å². The van der Waals surface area contributed by atoms with Gasteiger partial charge in [0.05, 0.1) is 6.10 Å². The van der Waals surface area contributed by atoms with Gasteiger partial charge in [0.15, 0.2) is 14.6 Å². The van der Waals surface area contributed by atoms with Crippen molar-refractivity contribution in [2.75, 3.05) is 6.26 Å². The predicted octanol–water partition coefficient (Wildman–Crippen LogP) is 1.61. The highest BCUT2D eigenvalue weighted by Crippen LogP contribution is 2.23. The van der Waals surface area contributed by atoms with E-state index in [2.05, 4.69) is 0 Å². The first kappa shape index (κ1) is 23.5. The molecule has 8 nitrogen and oxygen atoms in total. The quantitative estimate of drug-likeness (QED) is 0.428. The number of aryl methyl sites for hydroxylation is 1. The summed E-state index contributed by atoms with van der Waals surface area (Å²) in [5.41, 5.74) is 3.48. The lowest BCUT2D eigenvalue weighted by atomic mass is 10.0. The van der Waals surface area contributed by atoms with Crippen LogP contribution in [0, 0.1) is 0 Å². The largest absolute Gasteiger partial charge is 0.389 e. The summed E-state index contributed by atoms with van der Waals surface area (Å²) in [7, 11) is -3.83. The first-order valence-electron chi connectivity index (χ1n) is 9.29. The molecule has 3 N–H and O–H groups in total. The number of nitrogens with zero attached hydrogens (tertiary/aromatic N) is 1. The fourth-order valence-corrected chi connectivity index (χ4v) is 3.67. The standard InChI is InChI=1S/C21H26N2O6S/c1-15(24)4-5-16-6-8-17(9-7-16)18-10-12-23(19(25)14-18)13-11-21(2,20(26)22-27)30(3,28)29/h4-10,12,14-15,24,27H,11,13H2,1-3H3,(H,22,26). The van der Waals surface area contributed by atoms with Crippen molar-refractivity contribution in [3.05, 3.63) is 64.6 Å². The number of pyridine rings is 1. The lowest BCUT2D eigenvalue weighted by Gasteiger charge is -2.25. The van der Waals surface area contributed by atoms with Crippen molar-refractivity contribution in [2.24, 2.45) is 0 Å². The average Bonchev–Trinajstić information content (AvgIpc) is 2.69. The van der Waals surface area contributed by atoms with Gasteiger partial charge in [0.25, 0.3) is 11.5 Å². The number of aromatic nitrogens is 1. The van der Waals surface area contributed by atoms with Crippen LogP contribution in [0.25, 0.3) is 17.2 Å². The van der Waals surface area contributed by atoms with E-state index in [0.717, 1.165) is 17.4 Å². The number of rotatable bonds is 8. The Bertz CT molecular complexity index is 1090. The van der Waals surface area contributed by atoms with Crippen LogP contribution in [0.1, 0.15) is 25.8 Å². The number of aliphatic hydroxyl groups excluding tert-OH is 1. The molecule has 0 saturated carbocycles. The molecule has 0 aliphatic heterocycles. The smallest absolute Gasteiger partial charge is 0.264 e. The lowest BCUT2D eigenvalue weighted by Crippen LogP contribution is -2.49. The van der Waals surface area contributed by atoms with Gasteiger partial charge in [-0.3, -0.25) is 14.8 Å². The zero-order valence-corrected chi connectivity index (χ0v) is 17.9. The summed E-state index contributed by atoms with van der Waals surface area (Å²) in [5, 5.41) is 18.2. The Labute approximate surface area is 175 Å². The maximum absolute atomic E-state index is 12.5. The van der Waals surface area contributed by atoms with E-state index in [1.54, 1.807) is 31.3 Å². The van der Waals surface area contributed by atoms with Crippen molar-refractivity contribution in [3.63, 3.8) is 0 Å². The van der Waals surface area contributed by atoms with Crippen molar-refractivity contribution in [1.82, 2.24) is 10.0 Å². The first-order chi connectivity index (χ1) is 14.0. The second kappa shape index (κ2) is 9.38. The molecular formula is C21H26N2O6S. The molecule has 2 rings (SSSR count). The van der Waals surface area contributed by atoms with Gasteiger partial charge < -0.3 is 9.67 Å². The summed E-state index contributed by atoms with van der Waals surface area (Å²) < 4.78 is 23.5. The molecule has 0 spiro atoms. The Morgan fingerprint density at radius 2 is 1.87 bits per heavy atom. The number of amides is 1. The highest BCUT2D eigenvalue weighted by Gasteiger charge is 2.43. The van der Waals surface area contributed by atoms with Crippen LogP contribution in [0.2, 0.25) is 0 Å². The van der Waals surface area contributed by atoms with E-state index in [0.29, 0.717) is 5.56 Å². The van der Waals surface area contributed by atoms with Crippen molar-refractivity contribution in [1.29, 1.82) is 0 Å². The fourth-order valence-electron chi connectivity index (χ4n) is 2.83. The third-order valence-corrected chi connectivity index (χ3v) is 7.06. The van der Waals surface area contributed by atoms with Gasteiger partial charge >= 0.3 is 0 Å². The molecular weight excluding hydrogens is 408 g/mol. The minimum absolute atomic E-state index is 0.0147. The molecule has 2 aromatic rings. The number of aliphatic hydroxyl groups is 1. The van der Waals surface area contributed by atoms with Crippen molar-refractivity contribution < 1.29 is 23.5 Å². The number of sulfone groups is 1. The molecule has 0 bridgehead atoms. The van der Waals surface area contributed by atoms with Gasteiger partial charge in [-0.25, -0.2) is 13.9 Å². The van der Waals surface area contributed by atoms with Crippen molar-refractivity contribution in [3.8, 4) is 11.1 Å². The highest BCUT2D eigenvalue weighted by molar-refractivity contribution is 7.92. The first-order valence-corrected chi connectivity index (χ1v) is 11.2. The van der Waals surface area contributed by atoms with Gasteiger partial charge in [0.1, 0.15) is 0 Å². The van der Waals surface area contributed by atoms with E-state index in [-0.39, 0.29) is 18.5 Å². The number of hydrogen-bond donors (Lipinski definition) is 3. The number of carbonyl (C=O) groups excluding carboxylic acids is 1. The number of nitrogens with one attached hydrogen (secondary N) is 1. The number of carbonyl (C=O) groups is 1. The molecule has 1 heterocycles. The van der Waals surface area contributed by atoms with Crippen LogP contribution in [0.15, 0.2) is 53.5 Å². The van der Waals surface area contributed by atoms with Crippen LogP contribution in [-0.2, 0) is 21.2 Å². The molecule has 1 aromatic heterocycles. The summed E-state index contributed by atoms with van der Waals surface area (Å²) in [6, 6.07) is 10.6. The number of benzene rings is 1. The van der Waals surface area contributed by atoms with Gasteiger partial charge in [0, 0.05) is 25.1 Å². The van der Waals surface area contributed by atoms with Crippen LogP contribution in [0.3, 0.4) is 0 Å². The summed E-state index contributed by atoms with van der Waals surface area (Å²) >= 11 is 0. The zero-order valence-electron chi connectivity index (χ0n) is 17.1. The Balaban J connectivity index is 2.21. The maximum Gasteiger partial charge on any atom is 0.264 e. The van der Waals surface area contributed by atoms with Gasteiger partial charge in [-0.05, 0) is 43.0 Å². The zero-order chi connectivity index (χ0) is 22.5. The van der Waals surface area contributed by atoms with E-state index in [4.69, 9.17) is 5.21 Å². The molecule has 162 valence electrons. The molecule has 2 unspecified atom stereocenters. The lowest BCUT2D eigenvalue weighted by molar-refractivity contribution is -0.131. The summed E-state index contributed by atoms with van der Waals surface area (Å²) in [5.74, 6) is -1.04. The normalized spacial score (nSPS) is 15.0. The Kier molecular flexibility index (Phi) is 7.35. The van der Waals surface area contributed by atoms with Crippen LogP contribution in [-0.4, -0.2) is 46.3 Å². The molecule has 9 heteroatoms. The van der Waals surface area contributed by atoms with Crippen molar-refractivity contribution in [2.45, 2.75) is 37.7 Å². The average molecular weight is 435 g/mol. The van der Waals surface area contributed by atoms with E-state index < -0.39 is 26.6 Å². The SMILES string of the molecule is CC(O)C=Cc1ccc(-c2ccn(CCC(C)(C(=O)NO)S(C)(=O)=O)c(=O)c2)cc1. The second-order valence-electron chi connectivity index (χ2n) is 7.36. The predicted molar refractivity (Wildman–Crippen MR) is 115 cm³/mol. The minimum atomic E-state index is -3.83. The maximum atomic E-state index is 12.5. The molecule has 0 aliphatic rings. The number of hydrogen-bond acceptors (Lipinski definition) is 6. The van der Waals surface area contributed by atoms with Crippen LogP contribution in [0.5, 0.6) is 0 Å². The molecule has 30 heavy (non-hydrogen) atoms. The molecule has 2 atom stereocenters. The monoisotopic (exact) mass is 434 g/mol. The van der Waals surface area contributed by atoms with Crippen LogP contribution < -0.4 is 11.0 Å². The summed E-state index contributed by atoms with van der Waals surface area (Å²) in [6.07, 6.45) is 5.20. The summed E-state index contributed by atoms with van der Waals surface area (Å²) in [4.78, 5) is 24.4. The second-order valence-corrected chi connectivity index (χ2v) is 9.81. The van der Waals surface area contributed by atoms with Crippen LogP contribution in [0.4, 0.5) is 0 Å². The molecule has 1 amide bonds. The van der Waals surface area contributed by atoms with E-state index >= 15 is 0 Å². The molecule has 0 radical (unpaired) electrons. The number of hydroxylamine groups is 1. The Morgan fingerprint density at radius 3 is 2.37 bits per heavy atom. The Hall–Kier alpha value is -2.75. The van der Waals surface area contributed by atoms with Gasteiger partial charge in [-0.1, -0.05) is 36.4 Å². The molecule has 1 aromatic carbocycles. The highest BCUT2D eigenvalue weighted by atomic mass is 32.2. The minimum Gasteiger partial charge on any atom is -0.389 e. The molecule has 0 saturated heterocycles. The van der Waals surface area contributed by atoms with E-state index in [9.17, 15) is 23.1 Å². The molecule has 0 fully saturated rings. The third-order valence-electron chi connectivity index (χ3n) is 5.04. The molecule has 0 aliphatic carbocycles.